The SMILES string of the molecule is COC(=O)CCCCCCCCO[C@H]1O[C@H](COS(C)(=O)=O)[C@@H](O)[C@H](OC(C)=O)[C@H]1O[C@H]1O[C@H](COC(C)=O)[C@@H](OCc2ccccc2)[C@H](OCc2ccccc2)[C@H]1OCc1ccccc1. The standard InChI is InChI=1S/C48H64O17S/c1-33(49)57-31-39-42(58-28-35-20-12-9-13-21-35)44(59-29-36-22-14-10-15-23-36)45(60-30-37-24-16-11-17-25-37)48(64-39)65-46-43(62-34(2)50)41(52)38(32-61-66(4,53)54)63-47(46)56-27-19-8-6-5-7-18-26-40(51)55-3/h9-17,20-25,38-39,41-48,52H,5-8,18-19,26-32H2,1-4H3/t38-,39-,41-,42-,43+,44+,45-,46-,47+,48-/m1/s1. The van der Waals surface area contributed by atoms with Crippen LogP contribution in [0.5, 0.6) is 0 Å². The molecule has 3 aromatic carbocycles. The third-order valence-corrected chi connectivity index (χ3v) is 11.4. The maximum absolute atomic E-state index is 12.8. The molecule has 0 saturated carbocycles. The molecule has 0 unspecified atom stereocenters. The van der Waals surface area contributed by atoms with Gasteiger partial charge >= 0.3 is 17.9 Å². The van der Waals surface area contributed by atoms with Gasteiger partial charge in [0.1, 0.15) is 43.2 Å². The van der Waals surface area contributed by atoms with Crippen LogP contribution in [0.25, 0.3) is 0 Å². The predicted molar refractivity (Wildman–Crippen MR) is 237 cm³/mol. The van der Waals surface area contributed by atoms with E-state index in [-0.39, 0.29) is 39.0 Å². The number of hydrogen-bond donors (Lipinski definition) is 1. The van der Waals surface area contributed by atoms with Crippen molar-refractivity contribution in [3.05, 3.63) is 108 Å². The van der Waals surface area contributed by atoms with E-state index in [1.807, 2.05) is 91.0 Å². The van der Waals surface area contributed by atoms with E-state index in [0.29, 0.717) is 19.3 Å². The van der Waals surface area contributed by atoms with E-state index in [0.717, 1.165) is 55.6 Å². The topological polar surface area (TPSA) is 207 Å². The molecule has 5 rings (SSSR count). The van der Waals surface area contributed by atoms with Crippen molar-refractivity contribution in [3.8, 4) is 0 Å². The normalized spacial score (nSPS) is 25.5. The summed E-state index contributed by atoms with van der Waals surface area (Å²) in [6, 6.07) is 28.4. The van der Waals surface area contributed by atoms with E-state index >= 15 is 0 Å². The molecule has 2 aliphatic heterocycles. The Morgan fingerprint density at radius 2 is 1.11 bits per heavy atom. The fourth-order valence-electron chi connectivity index (χ4n) is 7.55. The Morgan fingerprint density at radius 3 is 1.64 bits per heavy atom. The summed E-state index contributed by atoms with van der Waals surface area (Å²) in [4.78, 5) is 36.6. The van der Waals surface area contributed by atoms with Gasteiger partial charge in [-0.1, -0.05) is 117 Å². The van der Waals surface area contributed by atoms with Crippen molar-refractivity contribution < 1.29 is 79.5 Å². The second-order valence-corrected chi connectivity index (χ2v) is 17.8. The molecule has 10 atom stereocenters. The number of unbranched alkanes of at least 4 members (excludes halogenated alkanes) is 5. The molecule has 17 nitrogen and oxygen atoms in total. The zero-order valence-corrected chi connectivity index (χ0v) is 38.8. The molecule has 0 radical (unpaired) electrons. The Morgan fingerprint density at radius 1 is 0.591 bits per heavy atom. The van der Waals surface area contributed by atoms with Gasteiger partial charge in [0.2, 0.25) is 0 Å². The Balaban J connectivity index is 1.49. The summed E-state index contributed by atoms with van der Waals surface area (Å²) in [5.41, 5.74) is 2.52. The number of ether oxygens (including phenoxy) is 10. The van der Waals surface area contributed by atoms with Crippen molar-refractivity contribution in [1.29, 1.82) is 0 Å². The lowest BCUT2D eigenvalue weighted by atomic mass is 9.96. The van der Waals surface area contributed by atoms with Gasteiger partial charge in [-0.3, -0.25) is 18.6 Å². The molecule has 0 amide bonds. The molecule has 2 heterocycles. The first-order valence-corrected chi connectivity index (χ1v) is 24.1. The molecule has 0 aromatic heterocycles. The Bertz CT molecular complexity index is 1990. The minimum Gasteiger partial charge on any atom is -0.469 e. The second-order valence-electron chi connectivity index (χ2n) is 16.1. The van der Waals surface area contributed by atoms with Crippen LogP contribution in [0.3, 0.4) is 0 Å². The van der Waals surface area contributed by atoms with E-state index in [9.17, 15) is 27.9 Å². The Kier molecular flexibility index (Phi) is 21.9. The first-order chi connectivity index (χ1) is 31.8. The molecule has 2 fully saturated rings. The molecule has 0 aliphatic carbocycles. The monoisotopic (exact) mass is 944 g/mol. The highest BCUT2D eigenvalue weighted by molar-refractivity contribution is 7.85. The lowest BCUT2D eigenvalue weighted by Gasteiger charge is -2.49. The van der Waals surface area contributed by atoms with E-state index in [1.54, 1.807) is 0 Å². The molecule has 0 spiro atoms. The first kappa shape index (κ1) is 52.6. The summed E-state index contributed by atoms with van der Waals surface area (Å²) >= 11 is 0. The van der Waals surface area contributed by atoms with Crippen LogP contribution < -0.4 is 0 Å². The van der Waals surface area contributed by atoms with Gasteiger partial charge in [-0.2, -0.15) is 8.42 Å². The summed E-state index contributed by atoms with van der Waals surface area (Å²) in [6.07, 6.45) is -6.93. The van der Waals surface area contributed by atoms with E-state index in [2.05, 4.69) is 0 Å². The molecule has 18 heteroatoms. The van der Waals surface area contributed by atoms with Crippen LogP contribution in [-0.2, 0) is 95.9 Å². The lowest BCUT2D eigenvalue weighted by molar-refractivity contribution is -0.376. The number of aliphatic hydroxyl groups excluding tert-OH is 1. The van der Waals surface area contributed by atoms with E-state index in [1.165, 1.54) is 14.0 Å². The van der Waals surface area contributed by atoms with Crippen LogP contribution in [0.2, 0.25) is 0 Å². The zero-order chi connectivity index (χ0) is 47.3. The van der Waals surface area contributed by atoms with Crippen molar-refractivity contribution in [2.75, 3.05) is 33.2 Å². The number of hydrogen-bond acceptors (Lipinski definition) is 17. The molecule has 1 N–H and O–H groups in total. The molecular weight excluding hydrogens is 881 g/mol. The lowest BCUT2D eigenvalue weighted by Crippen LogP contribution is -2.66. The van der Waals surface area contributed by atoms with Gasteiger partial charge in [0, 0.05) is 26.9 Å². The number of methoxy groups -OCH3 is 1. The van der Waals surface area contributed by atoms with Crippen LogP contribution >= 0.6 is 0 Å². The van der Waals surface area contributed by atoms with Crippen LogP contribution in [0, 0.1) is 0 Å². The van der Waals surface area contributed by atoms with Crippen LogP contribution in [0.4, 0.5) is 0 Å². The summed E-state index contributed by atoms with van der Waals surface area (Å²) in [7, 11) is -2.63. The molecule has 0 bridgehead atoms. The van der Waals surface area contributed by atoms with E-state index < -0.39 is 90.1 Å². The quantitative estimate of drug-likeness (QED) is 0.0444. The third kappa shape index (κ3) is 17.7. The smallest absolute Gasteiger partial charge is 0.305 e. The number of esters is 3. The van der Waals surface area contributed by atoms with Gasteiger partial charge in [-0.05, 0) is 29.5 Å². The van der Waals surface area contributed by atoms with Crippen molar-refractivity contribution >= 4 is 28.0 Å². The molecule has 3 aromatic rings. The average Bonchev–Trinajstić information content (AvgIpc) is 3.30. The van der Waals surface area contributed by atoms with Gasteiger partial charge in [-0.25, -0.2) is 0 Å². The van der Waals surface area contributed by atoms with Gasteiger partial charge in [0.15, 0.2) is 24.8 Å². The van der Waals surface area contributed by atoms with Gasteiger partial charge in [0.05, 0.1) is 39.8 Å². The summed E-state index contributed by atoms with van der Waals surface area (Å²) in [6.45, 7) is 1.94. The number of benzene rings is 3. The fraction of sp³-hybridized carbons (Fsp3) is 0.562. The van der Waals surface area contributed by atoms with Crippen molar-refractivity contribution in [3.63, 3.8) is 0 Å². The van der Waals surface area contributed by atoms with Crippen LogP contribution in [0.15, 0.2) is 91.0 Å². The van der Waals surface area contributed by atoms with Crippen LogP contribution in [0.1, 0.15) is 75.5 Å². The largest absolute Gasteiger partial charge is 0.469 e. The van der Waals surface area contributed by atoms with Crippen LogP contribution in [-0.4, -0.2) is 126 Å². The third-order valence-electron chi connectivity index (χ3n) is 10.8. The molecule has 66 heavy (non-hydrogen) atoms. The first-order valence-electron chi connectivity index (χ1n) is 22.3. The van der Waals surface area contributed by atoms with Gasteiger partial charge in [-0.15, -0.1) is 0 Å². The summed E-state index contributed by atoms with van der Waals surface area (Å²) in [5, 5.41) is 11.7. The number of aliphatic hydroxyl groups is 1. The average molecular weight is 945 g/mol. The molecule has 2 aliphatic rings. The van der Waals surface area contributed by atoms with E-state index in [4.69, 9.17) is 51.6 Å². The molecular formula is C48H64O17S. The number of carbonyl (C=O) groups is 3. The molecule has 2 saturated heterocycles. The minimum atomic E-state index is -3.99. The maximum Gasteiger partial charge on any atom is 0.305 e. The highest BCUT2D eigenvalue weighted by Crippen LogP contribution is 2.36. The van der Waals surface area contributed by atoms with Crippen molar-refractivity contribution in [2.45, 2.75) is 140 Å². The van der Waals surface area contributed by atoms with Crippen molar-refractivity contribution in [1.82, 2.24) is 0 Å². The zero-order valence-electron chi connectivity index (χ0n) is 38.0. The summed E-state index contributed by atoms with van der Waals surface area (Å²) < 4.78 is 91.3. The van der Waals surface area contributed by atoms with Gasteiger partial charge < -0.3 is 52.5 Å². The highest BCUT2D eigenvalue weighted by atomic mass is 32.2. The van der Waals surface area contributed by atoms with Crippen molar-refractivity contribution in [2.24, 2.45) is 0 Å². The number of rotatable bonds is 27. The minimum absolute atomic E-state index is 0.0601. The predicted octanol–water partition coefficient (Wildman–Crippen LogP) is 5.33. The summed E-state index contributed by atoms with van der Waals surface area (Å²) in [5.74, 6) is -1.60. The fourth-order valence-corrected chi connectivity index (χ4v) is 7.93. The Hall–Kier alpha value is -4.34. The Labute approximate surface area is 387 Å². The second kappa shape index (κ2) is 27.5. The maximum atomic E-state index is 12.8. The number of carbonyl (C=O) groups excluding carboxylic acids is 3. The van der Waals surface area contributed by atoms with Gasteiger partial charge in [0.25, 0.3) is 10.1 Å². The molecule has 364 valence electrons. The highest BCUT2D eigenvalue weighted by Gasteiger charge is 2.55.